The second kappa shape index (κ2) is 3.82. The molecule has 64 valence electrons. The maximum Gasteiger partial charge on any atom is 0.422 e. The second-order valence-corrected chi connectivity index (χ2v) is 2.63. The van der Waals surface area contributed by atoms with Crippen LogP contribution in [0.5, 0.6) is 0 Å². The van der Waals surface area contributed by atoms with E-state index < -0.39 is 6.09 Å². The standard InChI is InChI=1S/C6H6N2O3S/c1-11-6(10)8(4-9)5-7-2-3-12-5/h2-4H,1H3. The van der Waals surface area contributed by atoms with Gasteiger partial charge in [0.15, 0.2) is 0 Å². The highest BCUT2D eigenvalue weighted by Crippen LogP contribution is 2.15. The fourth-order valence-corrected chi connectivity index (χ4v) is 1.20. The lowest BCUT2D eigenvalue weighted by Gasteiger charge is -2.08. The summed E-state index contributed by atoms with van der Waals surface area (Å²) in [5.74, 6) is 0. The van der Waals surface area contributed by atoms with E-state index in [-0.39, 0.29) is 0 Å². The van der Waals surface area contributed by atoms with Gasteiger partial charge in [0.25, 0.3) is 0 Å². The molecule has 0 N–H and O–H groups in total. The molecule has 0 bridgehead atoms. The Kier molecular flexibility index (Phi) is 2.76. The number of aromatic nitrogens is 1. The topological polar surface area (TPSA) is 59.5 Å². The summed E-state index contributed by atoms with van der Waals surface area (Å²) in [5, 5.41) is 1.96. The Hall–Kier alpha value is -1.43. The zero-order valence-electron chi connectivity index (χ0n) is 6.26. The number of ether oxygens (including phenoxy) is 1. The van der Waals surface area contributed by atoms with Crippen molar-refractivity contribution in [3.63, 3.8) is 0 Å². The number of hydrogen-bond acceptors (Lipinski definition) is 5. The van der Waals surface area contributed by atoms with Crippen molar-refractivity contribution in [3.8, 4) is 0 Å². The van der Waals surface area contributed by atoms with Gasteiger partial charge in [0, 0.05) is 11.6 Å². The Morgan fingerprint density at radius 2 is 2.58 bits per heavy atom. The van der Waals surface area contributed by atoms with Gasteiger partial charge >= 0.3 is 6.09 Å². The minimum atomic E-state index is -0.736. The van der Waals surface area contributed by atoms with Crippen molar-refractivity contribution in [2.24, 2.45) is 0 Å². The average Bonchev–Trinajstić information content (AvgIpc) is 2.58. The third-order valence-corrected chi connectivity index (χ3v) is 1.87. The Morgan fingerprint density at radius 1 is 1.83 bits per heavy atom. The Balaban J connectivity index is 2.83. The lowest BCUT2D eigenvalue weighted by Crippen LogP contribution is -2.28. The van der Waals surface area contributed by atoms with Crippen LogP contribution in [0.4, 0.5) is 9.93 Å². The van der Waals surface area contributed by atoms with Crippen molar-refractivity contribution >= 4 is 29.0 Å². The molecule has 0 saturated heterocycles. The van der Waals surface area contributed by atoms with E-state index in [9.17, 15) is 9.59 Å². The highest BCUT2D eigenvalue weighted by atomic mass is 32.1. The number of rotatable bonds is 2. The lowest BCUT2D eigenvalue weighted by atomic mass is 10.8. The fraction of sp³-hybridized carbons (Fsp3) is 0.167. The van der Waals surface area contributed by atoms with E-state index in [0.29, 0.717) is 11.5 Å². The maximum absolute atomic E-state index is 10.9. The molecule has 0 aliphatic rings. The van der Waals surface area contributed by atoms with Crippen LogP contribution in [0.3, 0.4) is 0 Å². The quantitative estimate of drug-likeness (QED) is 0.643. The summed E-state index contributed by atoms with van der Waals surface area (Å²) in [7, 11) is 1.20. The van der Waals surface area contributed by atoms with Gasteiger partial charge in [-0.25, -0.2) is 9.78 Å². The minimum absolute atomic E-state index is 0.303. The van der Waals surface area contributed by atoms with Crippen LogP contribution >= 0.6 is 11.3 Å². The smallest absolute Gasteiger partial charge is 0.422 e. The van der Waals surface area contributed by atoms with Crippen LogP contribution in [-0.4, -0.2) is 24.6 Å². The molecule has 1 aromatic rings. The molecule has 0 aromatic carbocycles. The molecule has 6 heteroatoms. The fourth-order valence-electron chi connectivity index (χ4n) is 0.599. The molecule has 1 heterocycles. The van der Waals surface area contributed by atoms with Gasteiger partial charge in [-0.2, -0.15) is 4.90 Å². The minimum Gasteiger partial charge on any atom is -0.452 e. The van der Waals surface area contributed by atoms with Gasteiger partial charge in [0.05, 0.1) is 7.11 Å². The van der Waals surface area contributed by atoms with Crippen LogP contribution < -0.4 is 4.90 Å². The van der Waals surface area contributed by atoms with E-state index in [1.807, 2.05) is 0 Å². The number of carbonyl (C=O) groups excluding carboxylic acids is 2. The molecule has 0 atom stereocenters. The average molecular weight is 186 g/mol. The molecule has 0 aliphatic heterocycles. The summed E-state index contributed by atoms with van der Waals surface area (Å²) in [6, 6.07) is 0. The van der Waals surface area contributed by atoms with Crippen LogP contribution in [0.15, 0.2) is 11.6 Å². The van der Waals surface area contributed by atoms with Crippen LogP contribution in [0.1, 0.15) is 0 Å². The van der Waals surface area contributed by atoms with E-state index >= 15 is 0 Å². The number of thiazole rings is 1. The number of methoxy groups -OCH3 is 1. The predicted molar refractivity (Wildman–Crippen MR) is 43.1 cm³/mol. The molecule has 12 heavy (non-hydrogen) atoms. The van der Waals surface area contributed by atoms with Crippen molar-refractivity contribution in [1.29, 1.82) is 0 Å². The van der Waals surface area contributed by atoms with E-state index in [1.165, 1.54) is 24.6 Å². The monoisotopic (exact) mass is 186 g/mol. The zero-order chi connectivity index (χ0) is 8.97. The largest absolute Gasteiger partial charge is 0.452 e. The van der Waals surface area contributed by atoms with Gasteiger partial charge < -0.3 is 4.74 Å². The van der Waals surface area contributed by atoms with Gasteiger partial charge in [0.1, 0.15) is 0 Å². The SMILES string of the molecule is COC(=O)N(C=O)c1nccs1. The van der Waals surface area contributed by atoms with E-state index in [4.69, 9.17) is 0 Å². The summed E-state index contributed by atoms with van der Waals surface area (Å²) < 4.78 is 4.35. The number of amides is 2. The highest BCUT2D eigenvalue weighted by Gasteiger charge is 2.16. The molecule has 1 rings (SSSR count). The van der Waals surface area contributed by atoms with Gasteiger partial charge in [-0.1, -0.05) is 0 Å². The molecule has 0 radical (unpaired) electrons. The number of hydrogen-bond donors (Lipinski definition) is 0. The molecule has 0 unspecified atom stereocenters. The number of nitrogens with zero attached hydrogens (tertiary/aromatic N) is 2. The molecule has 2 amide bonds. The number of anilines is 1. The normalized spacial score (nSPS) is 9.08. The molecule has 0 spiro atoms. The highest BCUT2D eigenvalue weighted by molar-refractivity contribution is 7.14. The first-order valence-electron chi connectivity index (χ1n) is 3.01. The third kappa shape index (κ3) is 1.59. The first kappa shape index (κ1) is 8.66. The van der Waals surface area contributed by atoms with Crippen molar-refractivity contribution in [2.75, 3.05) is 12.0 Å². The molecular formula is C6H6N2O3S. The van der Waals surface area contributed by atoms with Gasteiger partial charge in [-0.05, 0) is 0 Å². The third-order valence-electron chi connectivity index (χ3n) is 1.10. The number of imide groups is 1. The first-order chi connectivity index (χ1) is 5.79. The van der Waals surface area contributed by atoms with Crippen LogP contribution in [-0.2, 0) is 9.53 Å². The first-order valence-corrected chi connectivity index (χ1v) is 3.89. The summed E-state index contributed by atoms with van der Waals surface area (Å²) in [4.78, 5) is 25.8. The molecular weight excluding hydrogens is 180 g/mol. The molecule has 0 aliphatic carbocycles. The predicted octanol–water partition coefficient (Wildman–Crippen LogP) is 0.872. The van der Waals surface area contributed by atoms with E-state index in [0.717, 1.165) is 4.90 Å². The van der Waals surface area contributed by atoms with Crippen LogP contribution in [0.25, 0.3) is 0 Å². The van der Waals surface area contributed by atoms with Gasteiger partial charge in [-0.15, -0.1) is 11.3 Å². The Labute approximate surface area is 72.6 Å². The summed E-state index contributed by atoms with van der Waals surface area (Å²) in [6.07, 6.45) is 1.13. The van der Waals surface area contributed by atoms with Gasteiger partial charge in [-0.3, -0.25) is 4.79 Å². The van der Waals surface area contributed by atoms with Crippen molar-refractivity contribution in [1.82, 2.24) is 4.98 Å². The van der Waals surface area contributed by atoms with E-state index in [2.05, 4.69) is 9.72 Å². The van der Waals surface area contributed by atoms with Crippen LogP contribution in [0.2, 0.25) is 0 Å². The summed E-state index contributed by atoms with van der Waals surface area (Å²) in [5.41, 5.74) is 0. The molecule has 0 fully saturated rings. The maximum atomic E-state index is 10.9. The Morgan fingerprint density at radius 3 is 3.00 bits per heavy atom. The molecule has 0 saturated carbocycles. The summed E-state index contributed by atoms with van der Waals surface area (Å²) in [6.45, 7) is 0. The van der Waals surface area contributed by atoms with E-state index in [1.54, 1.807) is 5.38 Å². The second-order valence-electron chi connectivity index (χ2n) is 1.76. The number of carbonyl (C=O) groups is 2. The van der Waals surface area contributed by atoms with Crippen LogP contribution in [0, 0.1) is 0 Å². The van der Waals surface area contributed by atoms with Crippen molar-refractivity contribution < 1.29 is 14.3 Å². The van der Waals surface area contributed by atoms with Crippen molar-refractivity contribution in [3.05, 3.63) is 11.6 Å². The molecule has 5 nitrogen and oxygen atoms in total. The van der Waals surface area contributed by atoms with Gasteiger partial charge in [0.2, 0.25) is 11.5 Å². The lowest BCUT2D eigenvalue weighted by molar-refractivity contribution is -0.107. The summed E-state index contributed by atoms with van der Waals surface area (Å²) >= 11 is 1.18. The zero-order valence-corrected chi connectivity index (χ0v) is 7.08. The Bertz CT molecular complexity index is 272. The van der Waals surface area contributed by atoms with Crippen molar-refractivity contribution in [2.45, 2.75) is 0 Å². The molecule has 1 aromatic heterocycles.